The minimum atomic E-state index is -0.552. The Kier molecular flexibility index (Phi) is 3.88. The van der Waals surface area contributed by atoms with Crippen LogP contribution in [0.15, 0.2) is 24.3 Å². The second kappa shape index (κ2) is 5.17. The van der Waals surface area contributed by atoms with Crippen LogP contribution in [0.25, 0.3) is 6.08 Å². The summed E-state index contributed by atoms with van der Waals surface area (Å²) in [5.74, 6) is 0.252. The van der Waals surface area contributed by atoms with Crippen molar-refractivity contribution in [3.05, 3.63) is 35.4 Å². The first kappa shape index (κ1) is 11.3. The van der Waals surface area contributed by atoms with Crippen molar-refractivity contribution in [3.63, 3.8) is 0 Å². The molecule has 0 saturated heterocycles. The van der Waals surface area contributed by atoms with E-state index in [4.69, 9.17) is 9.94 Å². The number of rotatable bonds is 3. The average molecular weight is 207 g/mol. The first-order valence-corrected chi connectivity index (χ1v) is 4.44. The highest BCUT2D eigenvalue weighted by molar-refractivity contribution is 5.90. The Balaban J connectivity index is 2.84. The molecule has 0 aromatic heterocycles. The van der Waals surface area contributed by atoms with E-state index in [0.717, 1.165) is 16.9 Å². The molecule has 0 aliphatic carbocycles. The van der Waals surface area contributed by atoms with E-state index in [1.807, 2.05) is 25.1 Å². The van der Waals surface area contributed by atoms with Crippen molar-refractivity contribution in [2.24, 2.45) is 0 Å². The molecule has 4 nitrogen and oxygen atoms in total. The van der Waals surface area contributed by atoms with Gasteiger partial charge in [0.1, 0.15) is 5.75 Å². The van der Waals surface area contributed by atoms with Gasteiger partial charge in [-0.3, -0.25) is 10.0 Å². The Hall–Kier alpha value is -1.81. The lowest BCUT2D eigenvalue weighted by molar-refractivity contribution is -0.124. The van der Waals surface area contributed by atoms with Crippen LogP contribution in [-0.2, 0) is 4.79 Å². The van der Waals surface area contributed by atoms with Gasteiger partial charge in [-0.25, -0.2) is 5.48 Å². The van der Waals surface area contributed by atoms with Crippen molar-refractivity contribution in [3.8, 4) is 5.75 Å². The Labute approximate surface area is 88.1 Å². The molecule has 1 rings (SSSR count). The number of hydroxylamine groups is 1. The van der Waals surface area contributed by atoms with Crippen LogP contribution in [0.2, 0.25) is 0 Å². The zero-order chi connectivity index (χ0) is 11.3. The van der Waals surface area contributed by atoms with Gasteiger partial charge in [0.05, 0.1) is 7.11 Å². The molecule has 0 spiro atoms. The van der Waals surface area contributed by atoms with E-state index in [1.54, 1.807) is 13.2 Å². The normalized spacial score (nSPS) is 10.3. The van der Waals surface area contributed by atoms with E-state index >= 15 is 0 Å². The number of hydrogen-bond acceptors (Lipinski definition) is 3. The first-order valence-electron chi connectivity index (χ1n) is 4.44. The monoisotopic (exact) mass is 207 g/mol. The van der Waals surface area contributed by atoms with Crippen LogP contribution in [0.3, 0.4) is 0 Å². The highest BCUT2D eigenvalue weighted by Crippen LogP contribution is 2.18. The van der Waals surface area contributed by atoms with E-state index in [1.165, 1.54) is 11.6 Å². The molecule has 2 N–H and O–H groups in total. The molecule has 0 fully saturated rings. The highest BCUT2D eigenvalue weighted by Gasteiger charge is 1.97. The van der Waals surface area contributed by atoms with E-state index in [0.29, 0.717) is 0 Å². The summed E-state index contributed by atoms with van der Waals surface area (Å²) in [6.45, 7) is 1.92. The van der Waals surface area contributed by atoms with Gasteiger partial charge in [-0.05, 0) is 36.3 Å². The van der Waals surface area contributed by atoms with Crippen LogP contribution in [0.1, 0.15) is 11.1 Å². The Morgan fingerprint density at radius 1 is 1.53 bits per heavy atom. The number of amides is 1. The van der Waals surface area contributed by atoms with Crippen molar-refractivity contribution in [1.82, 2.24) is 5.48 Å². The predicted octanol–water partition coefficient (Wildman–Crippen LogP) is 1.52. The number of ether oxygens (including phenoxy) is 1. The fraction of sp³-hybridized carbons (Fsp3) is 0.182. The van der Waals surface area contributed by atoms with Gasteiger partial charge in [0.25, 0.3) is 5.91 Å². The third-order valence-corrected chi connectivity index (χ3v) is 1.96. The van der Waals surface area contributed by atoms with E-state index in [9.17, 15) is 4.79 Å². The van der Waals surface area contributed by atoms with E-state index in [2.05, 4.69) is 0 Å². The molecule has 15 heavy (non-hydrogen) atoms. The minimum absolute atomic E-state index is 0.552. The number of methoxy groups -OCH3 is 1. The molecule has 1 amide bonds. The fourth-order valence-corrected chi connectivity index (χ4v) is 1.21. The van der Waals surface area contributed by atoms with E-state index < -0.39 is 5.91 Å². The van der Waals surface area contributed by atoms with Crippen molar-refractivity contribution >= 4 is 12.0 Å². The maximum Gasteiger partial charge on any atom is 0.267 e. The fourth-order valence-electron chi connectivity index (χ4n) is 1.21. The molecular formula is C11H13NO3. The second-order valence-electron chi connectivity index (χ2n) is 3.04. The van der Waals surface area contributed by atoms with Gasteiger partial charge >= 0.3 is 0 Å². The summed E-state index contributed by atoms with van der Waals surface area (Å²) in [5, 5.41) is 8.28. The number of aryl methyl sites for hydroxylation is 1. The SMILES string of the molecule is COc1ccc(C=CC(=O)NO)cc1C. The molecular weight excluding hydrogens is 194 g/mol. The third kappa shape index (κ3) is 3.11. The average Bonchev–Trinajstić information content (AvgIpc) is 2.26. The smallest absolute Gasteiger partial charge is 0.267 e. The van der Waals surface area contributed by atoms with E-state index in [-0.39, 0.29) is 0 Å². The Morgan fingerprint density at radius 2 is 2.27 bits per heavy atom. The molecule has 0 aliphatic rings. The number of carbonyl (C=O) groups excluding carboxylic acids is 1. The summed E-state index contributed by atoms with van der Waals surface area (Å²) in [4.78, 5) is 10.7. The Bertz CT molecular complexity index is 385. The van der Waals surface area contributed by atoms with Crippen LogP contribution in [0, 0.1) is 6.92 Å². The van der Waals surface area contributed by atoms with Crippen LogP contribution < -0.4 is 10.2 Å². The van der Waals surface area contributed by atoms with Crippen molar-refractivity contribution in [2.75, 3.05) is 7.11 Å². The summed E-state index contributed by atoms with van der Waals surface area (Å²) in [6, 6.07) is 5.54. The molecule has 4 heteroatoms. The zero-order valence-corrected chi connectivity index (χ0v) is 8.65. The Morgan fingerprint density at radius 3 is 2.80 bits per heavy atom. The molecule has 1 aromatic rings. The maximum atomic E-state index is 10.7. The van der Waals surface area contributed by atoms with Crippen LogP contribution in [0.4, 0.5) is 0 Å². The van der Waals surface area contributed by atoms with Crippen LogP contribution >= 0.6 is 0 Å². The van der Waals surface area contributed by atoms with Crippen molar-refractivity contribution in [2.45, 2.75) is 6.92 Å². The predicted molar refractivity (Wildman–Crippen MR) is 56.7 cm³/mol. The van der Waals surface area contributed by atoms with Gasteiger partial charge in [-0.2, -0.15) is 0 Å². The van der Waals surface area contributed by atoms with Gasteiger partial charge in [-0.15, -0.1) is 0 Å². The summed E-state index contributed by atoms with van der Waals surface area (Å²) < 4.78 is 5.10. The van der Waals surface area contributed by atoms with Gasteiger partial charge in [0, 0.05) is 6.08 Å². The molecule has 1 aromatic carbocycles. The van der Waals surface area contributed by atoms with Gasteiger partial charge in [-0.1, -0.05) is 6.07 Å². The van der Waals surface area contributed by atoms with Crippen LogP contribution in [-0.4, -0.2) is 18.2 Å². The highest BCUT2D eigenvalue weighted by atomic mass is 16.5. The van der Waals surface area contributed by atoms with Crippen molar-refractivity contribution in [1.29, 1.82) is 0 Å². The standard InChI is InChI=1S/C11H13NO3/c1-8-7-9(3-5-10(8)15-2)4-6-11(13)12-14/h3-7,14H,1-2H3,(H,12,13). The minimum Gasteiger partial charge on any atom is -0.496 e. The molecule has 0 heterocycles. The topological polar surface area (TPSA) is 58.6 Å². The second-order valence-corrected chi connectivity index (χ2v) is 3.04. The van der Waals surface area contributed by atoms with Gasteiger partial charge in [0.15, 0.2) is 0 Å². The zero-order valence-electron chi connectivity index (χ0n) is 8.65. The lowest BCUT2D eigenvalue weighted by Gasteiger charge is -2.04. The summed E-state index contributed by atoms with van der Waals surface area (Å²) >= 11 is 0. The molecule has 0 saturated carbocycles. The number of nitrogens with one attached hydrogen (secondary N) is 1. The first-order chi connectivity index (χ1) is 7.17. The molecule has 0 radical (unpaired) electrons. The largest absolute Gasteiger partial charge is 0.496 e. The summed E-state index contributed by atoms with van der Waals surface area (Å²) in [7, 11) is 1.61. The number of carbonyl (C=O) groups is 1. The number of benzene rings is 1. The van der Waals surface area contributed by atoms with Gasteiger partial charge < -0.3 is 4.74 Å². The third-order valence-electron chi connectivity index (χ3n) is 1.96. The lowest BCUT2D eigenvalue weighted by atomic mass is 10.1. The van der Waals surface area contributed by atoms with Crippen LogP contribution in [0.5, 0.6) is 5.75 Å². The molecule has 0 aliphatic heterocycles. The molecule has 80 valence electrons. The molecule has 0 unspecified atom stereocenters. The summed E-state index contributed by atoms with van der Waals surface area (Å²) in [5.41, 5.74) is 3.38. The van der Waals surface area contributed by atoms with Crippen molar-refractivity contribution < 1.29 is 14.7 Å². The summed E-state index contributed by atoms with van der Waals surface area (Å²) in [6.07, 6.45) is 2.86. The number of hydrogen-bond donors (Lipinski definition) is 2. The molecule has 0 bridgehead atoms. The molecule has 0 atom stereocenters. The lowest BCUT2D eigenvalue weighted by Crippen LogP contribution is -2.14. The quantitative estimate of drug-likeness (QED) is 0.449. The maximum absolute atomic E-state index is 10.7. The van der Waals surface area contributed by atoms with Gasteiger partial charge in [0.2, 0.25) is 0 Å².